The third-order valence-corrected chi connectivity index (χ3v) is 6.44. The molecule has 0 aromatic heterocycles. The molecule has 36 heavy (non-hydrogen) atoms. The van der Waals surface area contributed by atoms with Crippen LogP contribution in [0.15, 0.2) is 27.8 Å². The number of hydrogen-bond acceptors (Lipinski definition) is 9. The van der Waals surface area contributed by atoms with E-state index in [9.17, 15) is 14.7 Å². The van der Waals surface area contributed by atoms with Crippen LogP contribution in [0.1, 0.15) is 45.6 Å². The molecule has 0 heterocycles. The summed E-state index contributed by atoms with van der Waals surface area (Å²) in [6.45, 7) is 8.12. The summed E-state index contributed by atoms with van der Waals surface area (Å²) >= 11 is 0. The zero-order valence-electron chi connectivity index (χ0n) is 22.3. The highest BCUT2D eigenvalue weighted by atomic mass is 16.5. The summed E-state index contributed by atoms with van der Waals surface area (Å²) in [6.07, 6.45) is 2.12. The Kier molecular flexibility index (Phi) is 12.2. The van der Waals surface area contributed by atoms with Crippen LogP contribution in [0.2, 0.25) is 0 Å². The van der Waals surface area contributed by atoms with Crippen molar-refractivity contribution in [3.63, 3.8) is 0 Å². The number of aliphatic hydroxyl groups is 1. The molecule has 2 rings (SSSR count). The summed E-state index contributed by atoms with van der Waals surface area (Å²) < 4.78 is 16.4. The Morgan fingerprint density at radius 2 is 1.72 bits per heavy atom. The smallest absolute Gasteiger partial charge is 0.253 e. The molecule has 5 N–H and O–H groups in total. The Balaban J connectivity index is 1.98. The molecule has 3 atom stereocenters. The van der Waals surface area contributed by atoms with Crippen molar-refractivity contribution < 1.29 is 19.3 Å². The van der Waals surface area contributed by atoms with Crippen molar-refractivity contribution in [1.29, 1.82) is 0 Å². The van der Waals surface area contributed by atoms with E-state index in [-0.39, 0.29) is 18.2 Å². The Morgan fingerprint density at radius 1 is 1.03 bits per heavy atom. The van der Waals surface area contributed by atoms with E-state index < -0.39 is 23.0 Å². The first kappa shape index (κ1) is 29.6. The number of benzene rings is 1. The maximum atomic E-state index is 11.9. The van der Waals surface area contributed by atoms with E-state index >= 15 is 0 Å². The van der Waals surface area contributed by atoms with Gasteiger partial charge in [-0.3, -0.25) is 9.59 Å². The first-order valence-corrected chi connectivity index (χ1v) is 12.8. The van der Waals surface area contributed by atoms with E-state index in [1.807, 2.05) is 25.1 Å². The van der Waals surface area contributed by atoms with Gasteiger partial charge in [0.2, 0.25) is 0 Å². The van der Waals surface area contributed by atoms with Crippen molar-refractivity contribution in [1.82, 2.24) is 0 Å². The molecule has 2 aromatic rings. The minimum atomic E-state index is -0.870. The van der Waals surface area contributed by atoms with Crippen LogP contribution < -0.4 is 36.7 Å². The highest BCUT2D eigenvalue weighted by Gasteiger charge is 2.25. The second kappa shape index (κ2) is 14.8. The SMILES string of the molecule is CCCNc1c(NC[C@H](O)[C@@H](N)C[C@H](Cc2ccc(OC)c(OCCCOC)c2)C(C)C)c(=O)c1=O. The van der Waals surface area contributed by atoms with Crippen LogP contribution in [0, 0.1) is 11.8 Å². The van der Waals surface area contributed by atoms with Crippen LogP contribution in [0.4, 0.5) is 11.4 Å². The average Bonchev–Trinajstić information content (AvgIpc) is 2.87. The fourth-order valence-electron chi connectivity index (χ4n) is 4.08. The van der Waals surface area contributed by atoms with Crippen LogP contribution in [0.25, 0.3) is 0 Å². The molecule has 0 fully saturated rings. The average molecular weight is 506 g/mol. The van der Waals surface area contributed by atoms with Gasteiger partial charge in [-0.05, 0) is 48.8 Å². The third-order valence-electron chi connectivity index (χ3n) is 6.44. The van der Waals surface area contributed by atoms with Crippen molar-refractivity contribution in [2.75, 3.05) is 51.2 Å². The van der Waals surface area contributed by atoms with Crippen LogP contribution >= 0.6 is 0 Å². The highest BCUT2D eigenvalue weighted by molar-refractivity contribution is 5.73. The minimum Gasteiger partial charge on any atom is -0.493 e. The number of nitrogens with one attached hydrogen (secondary N) is 2. The molecular weight excluding hydrogens is 462 g/mol. The van der Waals surface area contributed by atoms with E-state index in [0.717, 1.165) is 24.8 Å². The predicted molar refractivity (Wildman–Crippen MR) is 144 cm³/mol. The summed E-state index contributed by atoms with van der Waals surface area (Å²) in [6, 6.07) is 5.44. The van der Waals surface area contributed by atoms with Gasteiger partial charge in [0.1, 0.15) is 11.4 Å². The first-order chi connectivity index (χ1) is 17.2. The number of methoxy groups -OCH3 is 2. The summed E-state index contributed by atoms with van der Waals surface area (Å²) in [4.78, 5) is 23.7. The number of rotatable bonds is 18. The van der Waals surface area contributed by atoms with E-state index in [1.165, 1.54) is 0 Å². The van der Waals surface area contributed by atoms with Gasteiger partial charge < -0.3 is 35.7 Å². The molecule has 2 aromatic carbocycles. The topological polar surface area (TPSA) is 132 Å². The van der Waals surface area contributed by atoms with Crippen LogP contribution in [0.5, 0.6) is 11.5 Å². The second-order valence-corrected chi connectivity index (χ2v) is 9.57. The summed E-state index contributed by atoms with van der Waals surface area (Å²) in [7, 11) is 3.28. The van der Waals surface area contributed by atoms with Gasteiger partial charge in [-0.25, -0.2) is 0 Å². The Labute approximate surface area is 214 Å². The van der Waals surface area contributed by atoms with E-state index in [4.69, 9.17) is 19.9 Å². The van der Waals surface area contributed by atoms with E-state index in [0.29, 0.717) is 49.3 Å². The molecule has 0 aliphatic carbocycles. The zero-order chi connectivity index (χ0) is 26.7. The molecule has 0 radical (unpaired) electrons. The maximum Gasteiger partial charge on any atom is 0.253 e. The quantitative estimate of drug-likeness (QED) is 0.178. The molecule has 0 spiro atoms. The van der Waals surface area contributed by atoms with E-state index in [1.54, 1.807) is 14.2 Å². The second-order valence-electron chi connectivity index (χ2n) is 9.57. The zero-order valence-corrected chi connectivity index (χ0v) is 22.3. The lowest BCUT2D eigenvalue weighted by atomic mass is 9.83. The standard InChI is InChI=1S/C27H43N3O6/c1-6-10-29-24-25(27(33)26(24)32)30-16-21(31)20(28)15-19(17(2)3)13-18-8-9-22(35-5)23(14-18)36-12-7-11-34-4/h8-9,14,17,19-21,29-31H,6-7,10-13,15-16,28H2,1-5H3/t19-,20-,21-/m0/s1. The van der Waals surface area contributed by atoms with Gasteiger partial charge in [0, 0.05) is 39.3 Å². The molecule has 9 heteroatoms. The van der Waals surface area contributed by atoms with E-state index in [2.05, 4.69) is 24.5 Å². The Hall–Kier alpha value is -2.62. The molecule has 0 saturated heterocycles. The van der Waals surface area contributed by atoms with Gasteiger partial charge in [0.15, 0.2) is 11.5 Å². The largest absolute Gasteiger partial charge is 0.493 e. The molecular formula is C27H43N3O6. The third kappa shape index (κ3) is 8.21. The van der Waals surface area contributed by atoms with Crippen molar-refractivity contribution in [3.05, 3.63) is 44.2 Å². The lowest BCUT2D eigenvalue weighted by Gasteiger charge is -2.28. The predicted octanol–water partition coefficient (Wildman–Crippen LogP) is 2.53. The molecule has 0 amide bonds. The van der Waals surface area contributed by atoms with Gasteiger partial charge >= 0.3 is 0 Å². The normalized spacial score (nSPS) is 14.0. The fourth-order valence-corrected chi connectivity index (χ4v) is 4.08. The van der Waals surface area contributed by atoms with Gasteiger partial charge in [0.05, 0.1) is 19.8 Å². The van der Waals surface area contributed by atoms with Gasteiger partial charge in [-0.15, -0.1) is 0 Å². The lowest BCUT2D eigenvalue weighted by Crippen LogP contribution is -2.44. The molecule has 0 aliphatic rings. The molecule has 0 saturated carbocycles. The molecule has 202 valence electrons. The van der Waals surface area contributed by atoms with Crippen LogP contribution in [0.3, 0.4) is 0 Å². The Morgan fingerprint density at radius 3 is 2.33 bits per heavy atom. The molecule has 0 aliphatic heterocycles. The summed E-state index contributed by atoms with van der Waals surface area (Å²) in [5.74, 6) is 1.93. The number of anilines is 2. The highest BCUT2D eigenvalue weighted by Crippen LogP contribution is 2.31. The Bertz CT molecular complexity index is 1000. The first-order valence-electron chi connectivity index (χ1n) is 12.8. The monoisotopic (exact) mass is 505 g/mol. The van der Waals surface area contributed by atoms with Crippen LogP contribution in [-0.2, 0) is 11.2 Å². The van der Waals surface area contributed by atoms with Gasteiger partial charge in [-0.2, -0.15) is 0 Å². The number of nitrogens with two attached hydrogens (primary N) is 1. The summed E-state index contributed by atoms with van der Waals surface area (Å²) in [5, 5.41) is 16.6. The van der Waals surface area contributed by atoms with Crippen molar-refractivity contribution in [2.24, 2.45) is 17.6 Å². The number of aliphatic hydroxyl groups excluding tert-OH is 1. The van der Waals surface area contributed by atoms with Crippen molar-refractivity contribution >= 4 is 11.4 Å². The maximum absolute atomic E-state index is 11.9. The van der Waals surface area contributed by atoms with Crippen molar-refractivity contribution in [2.45, 2.75) is 58.6 Å². The number of hydrogen-bond donors (Lipinski definition) is 4. The fraction of sp³-hybridized carbons (Fsp3) is 0.630. The summed E-state index contributed by atoms with van der Waals surface area (Å²) in [5.41, 5.74) is 6.92. The van der Waals surface area contributed by atoms with Crippen LogP contribution in [-0.4, -0.2) is 57.8 Å². The molecule has 9 nitrogen and oxygen atoms in total. The van der Waals surface area contributed by atoms with Gasteiger partial charge in [-0.1, -0.05) is 26.8 Å². The number of ether oxygens (including phenoxy) is 3. The lowest BCUT2D eigenvalue weighted by molar-refractivity contribution is 0.137. The molecule has 0 bridgehead atoms. The minimum absolute atomic E-state index is 0.0969. The van der Waals surface area contributed by atoms with Gasteiger partial charge in [0.25, 0.3) is 10.9 Å². The van der Waals surface area contributed by atoms with Crippen molar-refractivity contribution in [3.8, 4) is 11.5 Å². The molecule has 0 unspecified atom stereocenters.